The van der Waals surface area contributed by atoms with Gasteiger partial charge in [-0.1, -0.05) is 23.7 Å². The first kappa shape index (κ1) is 18.3. The first-order chi connectivity index (χ1) is 12.6. The SMILES string of the molecule is COC(=O)CCCNC(=O)N1CCc2[nH]cnc2[C@H]1c1ccc(Cl)cc1. The van der Waals surface area contributed by atoms with Crippen molar-refractivity contribution in [3.8, 4) is 0 Å². The third kappa shape index (κ3) is 3.99. The summed E-state index contributed by atoms with van der Waals surface area (Å²) in [5.74, 6) is -0.280. The average Bonchev–Trinajstić information content (AvgIpc) is 3.13. The maximum Gasteiger partial charge on any atom is 0.318 e. The lowest BCUT2D eigenvalue weighted by atomic mass is 9.96. The number of fused-ring (bicyclic) bond motifs is 1. The summed E-state index contributed by atoms with van der Waals surface area (Å²) in [6.45, 7) is 0.983. The summed E-state index contributed by atoms with van der Waals surface area (Å²) in [5.41, 5.74) is 2.84. The quantitative estimate of drug-likeness (QED) is 0.620. The van der Waals surface area contributed by atoms with Crippen LogP contribution in [0.25, 0.3) is 0 Å². The topological polar surface area (TPSA) is 87.3 Å². The Balaban J connectivity index is 1.73. The van der Waals surface area contributed by atoms with E-state index in [1.807, 2.05) is 24.3 Å². The molecule has 0 unspecified atom stereocenters. The maximum absolute atomic E-state index is 12.7. The van der Waals surface area contributed by atoms with Gasteiger partial charge in [0.1, 0.15) is 6.04 Å². The molecule has 1 aromatic heterocycles. The van der Waals surface area contributed by atoms with Gasteiger partial charge in [0, 0.05) is 36.6 Å². The molecule has 0 saturated heterocycles. The number of aromatic nitrogens is 2. The van der Waals surface area contributed by atoms with E-state index in [2.05, 4.69) is 20.0 Å². The second-order valence-electron chi connectivity index (χ2n) is 6.08. The number of nitrogens with one attached hydrogen (secondary N) is 2. The summed E-state index contributed by atoms with van der Waals surface area (Å²) < 4.78 is 4.60. The fraction of sp³-hybridized carbons (Fsp3) is 0.389. The van der Waals surface area contributed by atoms with Gasteiger partial charge in [0.05, 0.1) is 19.1 Å². The lowest BCUT2D eigenvalue weighted by Gasteiger charge is -2.35. The Morgan fingerprint density at radius 2 is 2.15 bits per heavy atom. The number of imidazole rings is 1. The Morgan fingerprint density at radius 3 is 2.88 bits per heavy atom. The number of carbonyl (C=O) groups is 2. The van der Waals surface area contributed by atoms with Crippen LogP contribution in [0.3, 0.4) is 0 Å². The van der Waals surface area contributed by atoms with E-state index in [0.29, 0.717) is 24.5 Å². The number of ether oxygens (including phenoxy) is 1. The monoisotopic (exact) mass is 376 g/mol. The fourth-order valence-electron chi connectivity index (χ4n) is 3.11. The summed E-state index contributed by atoms with van der Waals surface area (Å²) in [5, 5.41) is 3.53. The molecule has 138 valence electrons. The van der Waals surface area contributed by atoms with Crippen molar-refractivity contribution in [1.82, 2.24) is 20.2 Å². The fourth-order valence-corrected chi connectivity index (χ4v) is 3.24. The molecule has 2 amide bonds. The first-order valence-corrected chi connectivity index (χ1v) is 8.87. The van der Waals surface area contributed by atoms with Crippen molar-refractivity contribution >= 4 is 23.6 Å². The minimum Gasteiger partial charge on any atom is -0.469 e. The molecule has 26 heavy (non-hydrogen) atoms. The molecule has 2 aromatic rings. The van der Waals surface area contributed by atoms with E-state index in [1.165, 1.54) is 7.11 Å². The van der Waals surface area contributed by atoms with Gasteiger partial charge in [-0.15, -0.1) is 0 Å². The summed E-state index contributed by atoms with van der Waals surface area (Å²) in [6, 6.07) is 6.99. The Morgan fingerprint density at radius 1 is 1.38 bits per heavy atom. The minimum atomic E-state index is -0.280. The summed E-state index contributed by atoms with van der Waals surface area (Å²) >= 11 is 6.00. The molecule has 0 bridgehead atoms. The van der Waals surface area contributed by atoms with Crippen molar-refractivity contribution in [1.29, 1.82) is 0 Å². The number of urea groups is 1. The van der Waals surface area contributed by atoms with Crippen molar-refractivity contribution in [2.24, 2.45) is 0 Å². The standard InChI is InChI=1S/C18H21ClN4O3/c1-26-15(24)3-2-9-20-18(25)23-10-8-14-16(22-11-21-14)17(23)12-4-6-13(19)7-5-12/h4-7,11,17H,2-3,8-10H2,1H3,(H,20,25)(H,21,22)/t17-/m1/s1. The van der Waals surface area contributed by atoms with E-state index in [4.69, 9.17) is 11.6 Å². The van der Waals surface area contributed by atoms with Gasteiger partial charge in [0.2, 0.25) is 0 Å². The third-order valence-corrected chi connectivity index (χ3v) is 4.69. The van der Waals surface area contributed by atoms with Crippen molar-refractivity contribution in [2.75, 3.05) is 20.2 Å². The van der Waals surface area contributed by atoms with Crippen LogP contribution in [0.15, 0.2) is 30.6 Å². The molecule has 1 aliphatic heterocycles. The second-order valence-corrected chi connectivity index (χ2v) is 6.51. The van der Waals surface area contributed by atoms with E-state index in [9.17, 15) is 9.59 Å². The number of rotatable bonds is 5. The Bertz CT molecular complexity index is 775. The highest BCUT2D eigenvalue weighted by Gasteiger charge is 2.33. The summed E-state index contributed by atoms with van der Waals surface area (Å²) in [4.78, 5) is 33.2. The number of carbonyl (C=O) groups excluding carboxylic acids is 2. The lowest BCUT2D eigenvalue weighted by Crippen LogP contribution is -2.46. The summed E-state index contributed by atoms with van der Waals surface area (Å²) in [6.07, 6.45) is 3.19. The van der Waals surface area contributed by atoms with Gasteiger partial charge >= 0.3 is 12.0 Å². The average molecular weight is 377 g/mol. The van der Waals surface area contributed by atoms with Crippen molar-refractivity contribution in [3.05, 3.63) is 52.6 Å². The van der Waals surface area contributed by atoms with E-state index < -0.39 is 0 Å². The Hall–Kier alpha value is -2.54. The molecule has 1 aromatic carbocycles. The molecule has 0 fully saturated rings. The number of esters is 1. The van der Waals surface area contributed by atoms with Crippen molar-refractivity contribution in [2.45, 2.75) is 25.3 Å². The molecule has 3 rings (SSSR count). The number of H-pyrrole nitrogens is 1. The molecule has 1 atom stereocenters. The van der Waals surface area contributed by atoms with Crippen LogP contribution >= 0.6 is 11.6 Å². The van der Waals surface area contributed by atoms with Gasteiger partial charge < -0.3 is 19.9 Å². The van der Waals surface area contributed by atoms with E-state index in [-0.39, 0.29) is 24.5 Å². The van der Waals surface area contributed by atoms with Gasteiger partial charge in [-0.05, 0) is 24.1 Å². The number of halogens is 1. The van der Waals surface area contributed by atoms with Gasteiger partial charge in [0.15, 0.2) is 0 Å². The molecule has 0 radical (unpaired) electrons. The number of hydrogen-bond acceptors (Lipinski definition) is 4. The number of amides is 2. The van der Waals surface area contributed by atoms with Crippen LogP contribution in [0, 0.1) is 0 Å². The number of methoxy groups -OCH3 is 1. The molecule has 0 spiro atoms. The highest BCUT2D eigenvalue weighted by atomic mass is 35.5. The molecule has 8 heteroatoms. The predicted octanol–water partition coefficient (Wildman–Crippen LogP) is 2.67. The van der Waals surface area contributed by atoms with Crippen LogP contribution in [0.4, 0.5) is 4.79 Å². The number of nitrogens with zero attached hydrogens (tertiary/aromatic N) is 2. The highest BCUT2D eigenvalue weighted by molar-refractivity contribution is 6.30. The number of benzene rings is 1. The molecule has 0 saturated carbocycles. The molecule has 2 heterocycles. The highest BCUT2D eigenvalue weighted by Crippen LogP contribution is 2.33. The molecular formula is C18H21ClN4O3. The van der Waals surface area contributed by atoms with Crippen molar-refractivity contribution in [3.63, 3.8) is 0 Å². The number of hydrogen-bond donors (Lipinski definition) is 2. The molecule has 7 nitrogen and oxygen atoms in total. The zero-order valence-electron chi connectivity index (χ0n) is 14.5. The molecule has 1 aliphatic rings. The lowest BCUT2D eigenvalue weighted by molar-refractivity contribution is -0.140. The third-order valence-electron chi connectivity index (χ3n) is 4.43. The molecule has 2 N–H and O–H groups in total. The van der Waals surface area contributed by atoms with Gasteiger partial charge in [-0.2, -0.15) is 0 Å². The molecule has 0 aliphatic carbocycles. The van der Waals surface area contributed by atoms with Crippen LogP contribution < -0.4 is 5.32 Å². The van der Waals surface area contributed by atoms with Crippen molar-refractivity contribution < 1.29 is 14.3 Å². The van der Waals surface area contributed by atoms with Gasteiger partial charge in [-0.25, -0.2) is 9.78 Å². The number of aromatic amines is 1. The Kier molecular flexibility index (Phi) is 5.78. The maximum atomic E-state index is 12.7. The van der Waals surface area contributed by atoms with Crippen LogP contribution in [0.1, 0.15) is 35.8 Å². The Labute approximate surface area is 156 Å². The normalized spacial score (nSPS) is 16.1. The first-order valence-electron chi connectivity index (χ1n) is 8.49. The van der Waals surface area contributed by atoms with Crippen LogP contribution in [-0.2, 0) is 16.0 Å². The van der Waals surface area contributed by atoms with E-state index in [1.54, 1.807) is 11.2 Å². The van der Waals surface area contributed by atoms with Crippen LogP contribution in [-0.4, -0.2) is 47.1 Å². The smallest absolute Gasteiger partial charge is 0.318 e. The van der Waals surface area contributed by atoms with Gasteiger partial charge in [-0.3, -0.25) is 4.79 Å². The molecular weight excluding hydrogens is 356 g/mol. The minimum absolute atomic E-state index is 0.177. The van der Waals surface area contributed by atoms with E-state index >= 15 is 0 Å². The zero-order chi connectivity index (χ0) is 18.5. The predicted molar refractivity (Wildman–Crippen MR) is 96.9 cm³/mol. The van der Waals surface area contributed by atoms with Gasteiger partial charge in [0.25, 0.3) is 0 Å². The van der Waals surface area contributed by atoms with E-state index in [0.717, 1.165) is 23.4 Å². The second kappa shape index (κ2) is 8.23. The van der Waals surface area contributed by atoms with Crippen LogP contribution in [0.2, 0.25) is 5.02 Å². The zero-order valence-corrected chi connectivity index (χ0v) is 15.3. The van der Waals surface area contributed by atoms with Crippen LogP contribution in [0.5, 0.6) is 0 Å². The largest absolute Gasteiger partial charge is 0.469 e. The summed E-state index contributed by atoms with van der Waals surface area (Å²) in [7, 11) is 1.35.